The molecule has 0 saturated carbocycles. The maximum absolute atomic E-state index is 12.2. The van der Waals surface area contributed by atoms with Gasteiger partial charge in [0.2, 0.25) is 10.0 Å². The molecule has 0 unspecified atom stereocenters. The van der Waals surface area contributed by atoms with E-state index in [2.05, 4.69) is 26.4 Å². The molecule has 11 heteroatoms. The Kier molecular flexibility index (Phi) is 8.45. The molecule has 2 heterocycles. The van der Waals surface area contributed by atoms with Crippen LogP contribution in [0.1, 0.15) is 27.7 Å². The smallest absolute Gasteiger partial charge is 0.323 e. The summed E-state index contributed by atoms with van der Waals surface area (Å²) in [6.45, 7) is 10.3. The minimum atomic E-state index is -3.75. The van der Waals surface area contributed by atoms with Crippen LogP contribution in [0.5, 0.6) is 11.5 Å². The van der Waals surface area contributed by atoms with Crippen molar-refractivity contribution in [2.45, 2.75) is 39.3 Å². The number of carbonyl (C=O) groups is 1. The predicted octanol–water partition coefficient (Wildman–Crippen LogP) is 2.02. The molecule has 10 nitrogen and oxygen atoms in total. The van der Waals surface area contributed by atoms with E-state index >= 15 is 0 Å². The molecule has 1 fully saturated rings. The lowest BCUT2D eigenvalue weighted by molar-refractivity contribution is -0.151. The molecular formula is C24H36N4O6S. The molecule has 35 heavy (non-hydrogen) atoms. The molecule has 1 aromatic carbocycles. The van der Waals surface area contributed by atoms with Gasteiger partial charge in [-0.2, -0.15) is 0 Å². The first-order valence-corrected chi connectivity index (χ1v) is 13.3. The van der Waals surface area contributed by atoms with Crippen LogP contribution in [0.2, 0.25) is 0 Å². The summed E-state index contributed by atoms with van der Waals surface area (Å²) in [5.41, 5.74) is 1.18. The van der Waals surface area contributed by atoms with E-state index in [1.807, 2.05) is 18.2 Å². The first-order valence-electron chi connectivity index (χ1n) is 11.6. The van der Waals surface area contributed by atoms with Gasteiger partial charge in [-0.15, -0.1) is 0 Å². The lowest BCUT2D eigenvalue weighted by Gasteiger charge is -2.41. The largest absolute Gasteiger partial charge is 0.493 e. The minimum absolute atomic E-state index is 0.197. The molecule has 2 aromatic rings. The molecule has 0 radical (unpaired) electrons. The highest BCUT2D eigenvalue weighted by atomic mass is 32.2. The van der Waals surface area contributed by atoms with Crippen molar-refractivity contribution >= 4 is 32.6 Å². The number of esters is 1. The van der Waals surface area contributed by atoms with Crippen molar-refractivity contribution in [3.63, 3.8) is 0 Å². The number of sulfonamides is 1. The zero-order chi connectivity index (χ0) is 25.8. The van der Waals surface area contributed by atoms with Crippen LogP contribution in [-0.2, 0) is 19.6 Å². The van der Waals surface area contributed by atoms with Crippen molar-refractivity contribution in [1.29, 1.82) is 0 Å². The van der Waals surface area contributed by atoms with Crippen LogP contribution < -0.4 is 19.1 Å². The molecule has 1 aromatic heterocycles. The lowest BCUT2D eigenvalue weighted by Crippen LogP contribution is -2.53. The van der Waals surface area contributed by atoms with Crippen LogP contribution in [-0.4, -0.2) is 88.6 Å². The molecule has 0 spiro atoms. The number of piperazine rings is 1. The highest BCUT2D eigenvalue weighted by Gasteiger charge is 2.26. The van der Waals surface area contributed by atoms with Crippen molar-refractivity contribution < 1.29 is 27.4 Å². The summed E-state index contributed by atoms with van der Waals surface area (Å²) < 4.78 is 43.0. The number of rotatable bonds is 9. The van der Waals surface area contributed by atoms with Gasteiger partial charge >= 0.3 is 5.97 Å². The number of fused-ring (bicyclic) bond motifs is 1. The van der Waals surface area contributed by atoms with E-state index < -0.39 is 27.3 Å². The third-order valence-electron chi connectivity index (χ3n) is 5.78. The molecular weight excluding hydrogens is 472 g/mol. The number of hydrogen-bond acceptors (Lipinski definition) is 9. The van der Waals surface area contributed by atoms with Gasteiger partial charge in [0.15, 0.2) is 17.3 Å². The summed E-state index contributed by atoms with van der Waals surface area (Å²) in [4.78, 5) is 20.9. The number of ether oxygens (including phenoxy) is 3. The van der Waals surface area contributed by atoms with Crippen LogP contribution in [0.25, 0.3) is 10.9 Å². The Hall–Kier alpha value is -2.63. The maximum Gasteiger partial charge on any atom is 0.323 e. The second-order valence-corrected chi connectivity index (χ2v) is 11.4. The fourth-order valence-corrected chi connectivity index (χ4v) is 5.08. The van der Waals surface area contributed by atoms with Gasteiger partial charge in [-0.3, -0.25) is 14.7 Å². The monoisotopic (exact) mass is 508 g/mol. The number of anilines is 1. The summed E-state index contributed by atoms with van der Waals surface area (Å²) >= 11 is 0. The average molecular weight is 509 g/mol. The van der Waals surface area contributed by atoms with Gasteiger partial charge < -0.3 is 19.1 Å². The summed E-state index contributed by atoms with van der Waals surface area (Å²) in [7, 11) is -0.536. The Morgan fingerprint density at radius 1 is 1.17 bits per heavy atom. The van der Waals surface area contributed by atoms with Crippen LogP contribution in [0.4, 0.5) is 5.69 Å². The number of methoxy groups -OCH3 is 2. The summed E-state index contributed by atoms with van der Waals surface area (Å²) in [6.07, 6.45) is 1.79. The number of carbonyl (C=O) groups excluding carboxylic acids is 1. The van der Waals surface area contributed by atoms with Gasteiger partial charge in [-0.1, -0.05) is 0 Å². The Morgan fingerprint density at radius 2 is 1.86 bits per heavy atom. The molecule has 0 aliphatic carbocycles. The Morgan fingerprint density at radius 3 is 2.49 bits per heavy atom. The number of nitrogens with zero attached hydrogens (tertiary/aromatic N) is 3. The molecule has 1 aliphatic heterocycles. The van der Waals surface area contributed by atoms with Crippen LogP contribution >= 0.6 is 0 Å². The molecule has 0 amide bonds. The normalized spacial score (nSPS) is 17.4. The van der Waals surface area contributed by atoms with Crippen molar-refractivity contribution in [3.05, 3.63) is 24.4 Å². The van der Waals surface area contributed by atoms with E-state index in [0.717, 1.165) is 36.2 Å². The summed E-state index contributed by atoms with van der Waals surface area (Å²) in [6, 6.07) is 6.03. The topological polar surface area (TPSA) is 110 Å². The SMILES string of the molecule is COc1cc2nccc(N3CCN(CCNS(=O)(=O)CC(=O)OC(C)(C)C)[C@H](C)C3)c2cc1OC. The summed E-state index contributed by atoms with van der Waals surface area (Å²) in [5, 5.41) is 0.987. The zero-order valence-electron chi connectivity index (χ0n) is 21.3. The Balaban J connectivity index is 1.59. The van der Waals surface area contributed by atoms with Crippen LogP contribution in [0, 0.1) is 0 Å². The Bertz CT molecular complexity index is 1150. The van der Waals surface area contributed by atoms with Crippen LogP contribution in [0.3, 0.4) is 0 Å². The lowest BCUT2D eigenvalue weighted by atomic mass is 10.1. The molecule has 0 bridgehead atoms. The van der Waals surface area contributed by atoms with Gasteiger partial charge in [-0.05, 0) is 39.8 Å². The standard InChI is InChI=1S/C24H36N4O6S/c1-17-15-28(20-7-8-25-19-14-22(33-6)21(32-5)13-18(19)20)12-11-27(17)10-9-26-35(30,31)16-23(29)34-24(2,3)4/h7-8,13-14,17,26H,9-12,15-16H2,1-6H3/t17-/m1/s1. The number of hydrogen-bond donors (Lipinski definition) is 1. The minimum Gasteiger partial charge on any atom is -0.493 e. The quantitative estimate of drug-likeness (QED) is 0.509. The number of aromatic nitrogens is 1. The van der Waals surface area contributed by atoms with Crippen LogP contribution in [0.15, 0.2) is 24.4 Å². The van der Waals surface area contributed by atoms with E-state index in [4.69, 9.17) is 14.2 Å². The molecule has 1 saturated heterocycles. The highest BCUT2D eigenvalue weighted by molar-refractivity contribution is 7.90. The van der Waals surface area contributed by atoms with Crippen molar-refractivity contribution in [1.82, 2.24) is 14.6 Å². The Labute approximate surface area is 207 Å². The van der Waals surface area contributed by atoms with Crippen molar-refractivity contribution in [2.24, 2.45) is 0 Å². The number of nitrogens with one attached hydrogen (secondary N) is 1. The third kappa shape index (κ3) is 7.18. The van der Waals surface area contributed by atoms with Gasteiger partial charge in [0, 0.05) is 62.1 Å². The van der Waals surface area contributed by atoms with E-state index in [1.54, 1.807) is 41.2 Å². The fourth-order valence-electron chi connectivity index (χ4n) is 4.20. The molecule has 3 rings (SSSR count). The number of pyridine rings is 1. The van der Waals surface area contributed by atoms with E-state index in [9.17, 15) is 13.2 Å². The van der Waals surface area contributed by atoms with Crippen molar-refractivity contribution in [3.8, 4) is 11.5 Å². The average Bonchev–Trinajstić information content (AvgIpc) is 2.76. The highest BCUT2D eigenvalue weighted by Crippen LogP contribution is 2.36. The predicted molar refractivity (Wildman–Crippen MR) is 136 cm³/mol. The van der Waals surface area contributed by atoms with Crippen molar-refractivity contribution in [2.75, 3.05) is 57.6 Å². The second kappa shape index (κ2) is 11.0. The molecule has 1 atom stereocenters. The first kappa shape index (κ1) is 27.0. The fraction of sp³-hybridized carbons (Fsp3) is 0.583. The first-order chi connectivity index (χ1) is 16.4. The van der Waals surface area contributed by atoms with E-state index in [1.165, 1.54) is 0 Å². The van der Waals surface area contributed by atoms with Gasteiger partial charge in [0.25, 0.3) is 0 Å². The molecule has 194 valence electrons. The van der Waals surface area contributed by atoms with E-state index in [-0.39, 0.29) is 12.6 Å². The van der Waals surface area contributed by atoms with Gasteiger partial charge in [0.05, 0.1) is 19.7 Å². The second-order valence-electron chi connectivity index (χ2n) is 9.63. The summed E-state index contributed by atoms with van der Waals surface area (Å²) in [5.74, 6) is -0.154. The zero-order valence-corrected chi connectivity index (χ0v) is 22.1. The third-order valence-corrected chi connectivity index (χ3v) is 7.04. The van der Waals surface area contributed by atoms with Gasteiger partial charge in [-0.25, -0.2) is 13.1 Å². The van der Waals surface area contributed by atoms with E-state index in [0.29, 0.717) is 18.0 Å². The molecule has 1 N–H and O–H groups in total. The molecule has 1 aliphatic rings. The van der Waals surface area contributed by atoms with Gasteiger partial charge in [0.1, 0.15) is 5.60 Å². The number of benzene rings is 1. The maximum atomic E-state index is 12.2.